The lowest BCUT2D eigenvalue weighted by Crippen LogP contribution is -2.19. The Morgan fingerprint density at radius 2 is 2.21 bits per heavy atom. The molecule has 0 saturated carbocycles. The average Bonchev–Trinajstić information content (AvgIpc) is 2.78. The molecule has 1 aromatic carbocycles. The van der Waals surface area contributed by atoms with E-state index < -0.39 is 0 Å². The molecule has 0 fully saturated rings. The van der Waals surface area contributed by atoms with Gasteiger partial charge in [-0.2, -0.15) is 0 Å². The summed E-state index contributed by atoms with van der Waals surface area (Å²) < 4.78 is 5.00. The van der Waals surface area contributed by atoms with Gasteiger partial charge < -0.3 is 9.72 Å². The first-order chi connectivity index (χ1) is 9.15. The van der Waals surface area contributed by atoms with Gasteiger partial charge in [0.1, 0.15) is 5.71 Å². The maximum atomic E-state index is 11.7. The second-order valence-corrected chi connectivity index (χ2v) is 4.43. The van der Waals surface area contributed by atoms with E-state index in [4.69, 9.17) is 4.74 Å². The van der Waals surface area contributed by atoms with E-state index in [2.05, 4.69) is 29.0 Å². The molecular weight excluding hydrogens is 240 g/mol. The second kappa shape index (κ2) is 5.69. The Balaban J connectivity index is 2.30. The van der Waals surface area contributed by atoms with Crippen LogP contribution in [0.2, 0.25) is 0 Å². The van der Waals surface area contributed by atoms with Crippen molar-refractivity contribution in [3.05, 3.63) is 35.5 Å². The number of nitrogens with zero attached hydrogens (tertiary/aromatic N) is 1. The van der Waals surface area contributed by atoms with Crippen LogP contribution in [-0.2, 0) is 16.0 Å². The monoisotopic (exact) mass is 258 g/mol. The number of aromatic nitrogens is 1. The molecule has 4 heteroatoms. The van der Waals surface area contributed by atoms with Crippen LogP contribution in [0.4, 0.5) is 0 Å². The van der Waals surface area contributed by atoms with Gasteiger partial charge >= 0.3 is 5.97 Å². The zero-order chi connectivity index (χ0) is 13.8. The number of carbonyl (C=O) groups excluding carboxylic acids is 1. The number of ether oxygens (including phenoxy) is 1. The number of rotatable bonds is 4. The smallest absolute Gasteiger partial charge is 0.352 e. The van der Waals surface area contributed by atoms with Crippen molar-refractivity contribution < 1.29 is 9.53 Å². The minimum Gasteiger partial charge on any atom is -0.462 e. The Morgan fingerprint density at radius 3 is 2.89 bits per heavy atom. The maximum absolute atomic E-state index is 11.7. The standard InChI is InChI=1S/C15H18N2O2/c1-4-19-15(18)14(16-3)8-11-9-17-13-6-5-10(2)7-12(11)13/h5-7,9,17H,4,8H2,1-3H3. The average molecular weight is 258 g/mol. The molecule has 2 aromatic rings. The van der Waals surface area contributed by atoms with Crippen molar-refractivity contribution in [2.75, 3.05) is 13.7 Å². The van der Waals surface area contributed by atoms with E-state index in [1.807, 2.05) is 12.3 Å². The van der Waals surface area contributed by atoms with E-state index in [9.17, 15) is 4.79 Å². The number of hydrogen-bond acceptors (Lipinski definition) is 3. The SMILES string of the molecule is CCOC(=O)C(Cc1c[nH]c2ccc(C)cc12)=NC. The molecule has 1 N–H and O–H groups in total. The highest BCUT2D eigenvalue weighted by Crippen LogP contribution is 2.20. The number of esters is 1. The van der Waals surface area contributed by atoms with Crippen molar-refractivity contribution in [3.8, 4) is 0 Å². The van der Waals surface area contributed by atoms with Crippen LogP contribution in [0, 0.1) is 6.92 Å². The molecule has 2 rings (SSSR count). The highest BCUT2D eigenvalue weighted by molar-refractivity contribution is 6.37. The number of aryl methyl sites for hydroxylation is 1. The zero-order valence-electron chi connectivity index (χ0n) is 11.5. The summed E-state index contributed by atoms with van der Waals surface area (Å²) >= 11 is 0. The molecule has 0 aliphatic carbocycles. The van der Waals surface area contributed by atoms with Gasteiger partial charge in [-0.25, -0.2) is 4.79 Å². The fourth-order valence-corrected chi connectivity index (χ4v) is 2.08. The van der Waals surface area contributed by atoms with Gasteiger partial charge in [0.15, 0.2) is 0 Å². The summed E-state index contributed by atoms with van der Waals surface area (Å²) in [4.78, 5) is 19.0. The second-order valence-electron chi connectivity index (χ2n) is 4.43. The highest BCUT2D eigenvalue weighted by Gasteiger charge is 2.14. The van der Waals surface area contributed by atoms with Crippen LogP contribution < -0.4 is 0 Å². The molecule has 0 unspecified atom stereocenters. The lowest BCUT2D eigenvalue weighted by atomic mass is 10.1. The number of fused-ring (bicyclic) bond motifs is 1. The highest BCUT2D eigenvalue weighted by atomic mass is 16.5. The molecule has 0 bridgehead atoms. The van der Waals surface area contributed by atoms with Crippen LogP contribution in [0.5, 0.6) is 0 Å². The Kier molecular flexibility index (Phi) is 4.00. The predicted molar refractivity (Wildman–Crippen MR) is 76.7 cm³/mol. The van der Waals surface area contributed by atoms with Gasteiger partial charge in [0.05, 0.1) is 6.61 Å². The molecule has 0 spiro atoms. The number of H-pyrrole nitrogens is 1. The molecule has 0 saturated heterocycles. The Morgan fingerprint density at radius 1 is 1.42 bits per heavy atom. The van der Waals surface area contributed by atoms with E-state index in [-0.39, 0.29) is 5.97 Å². The van der Waals surface area contributed by atoms with Gasteiger partial charge in [-0.1, -0.05) is 11.6 Å². The van der Waals surface area contributed by atoms with Crippen LogP contribution in [0.15, 0.2) is 29.4 Å². The molecule has 0 radical (unpaired) electrons. The molecule has 0 aliphatic rings. The predicted octanol–water partition coefficient (Wildman–Crippen LogP) is 2.65. The number of benzene rings is 1. The molecule has 0 aliphatic heterocycles. The van der Waals surface area contributed by atoms with Crippen molar-refractivity contribution in [1.29, 1.82) is 0 Å². The summed E-state index contributed by atoms with van der Waals surface area (Å²) in [5, 5.41) is 1.13. The largest absolute Gasteiger partial charge is 0.462 e. The first-order valence-electron chi connectivity index (χ1n) is 6.35. The Bertz CT molecular complexity index is 626. The van der Waals surface area contributed by atoms with Gasteiger partial charge in [0.2, 0.25) is 0 Å². The number of aromatic amines is 1. The molecule has 0 amide bonds. The first kappa shape index (κ1) is 13.3. The molecule has 1 heterocycles. The number of nitrogens with one attached hydrogen (secondary N) is 1. The topological polar surface area (TPSA) is 54.5 Å². The molecule has 19 heavy (non-hydrogen) atoms. The van der Waals surface area contributed by atoms with E-state index in [1.54, 1.807) is 14.0 Å². The summed E-state index contributed by atoms with van der Waals surface area (Å²) in [6.45, 7) is 4.21. The summed E-state index contributed by atoms with van der Waals surface area (Å²) in [5.41, 5.74) is 3.77. The fraction of sp³-hybridized carbons (Fsp3) is 0.333. The number of aliphatic imine (C=N–C) groups is 1. The summed E-state index contributed by atoms with van der Waals surface area (Å²) in [6.07, 6.45) is 2.41. The number of hydrogen-bond donors (Lipinski definition) is 1. The van der Waals surface area contributed by atoms with Crippen molar-refractivity contribution in [2.45, 2.75) is 20.3 Å². The number of carbonyl (C=O) groups is 1. The van der Waals surface area contributed by atoms with Crippen LogP contribution in [0.25, 0.3) is 10.9 Å². The third-order valence-electron chi connectivity index (χ3n) is 3.06. The van der Waals surface area contributed by atoms with E-state index in [0.29, 0.717) is 18.7 Å². The van der Waals surface area contributed by atoms with E-state index in [1.165, 1.54) is 5.56 Å². The lowest BCUT2D eigenvalue weighted by Gasteiger charge is -2.04. The quantitative estimate of drug-likeness (QED) is 0.677. The van der Waals surface area contributed by atoms with E-state index in [0.717, 1.165) is 16.5 Å². The van der Waals surface area contributed by atoms with Gasteiger partial charge in [0, 0.05) is 30.6 Å². The third kappa shape index (κ3) is 2.84. The van der Waals surface area contributed by atoms with E-state index >= 15 is 0 Å². The Hall–Kier alpha value is -2.10. The molecule has 4 nitrogen and oxygen atoms in total. The van der Waals surface area contributed by atoms with Crippen molar-refractivity contribution in [1.82, 2.24) is 4.98 Å². The minimum atomic E-state index is -0.341. The van der Waals surface area contributed by atoms with Gasteiger partial charge in [0.25, 0.3) is 0 Å². The van der Waals surface area contributed by atoms with Crippen LogP contribution in [0.3, 0.4) is 0 Å². The molecule has 1 aromatic heterocycles. The van der Waals surface area contributed by atoms with Crippen molar-refractivity contribution in [3.63, 3.8) is 0 Å². The first-order valence-corrected chi connectivity index (χ1v) is 6.35. The molecule has 100 valence electrons. The summed E-state index contributed by atoms with van der Waals surface area (Å²) in [7, 11) is 1.62. The normalized spacial score (nSPS) is 11.8. The van der Waals surface area contributed by atoms with Crippen molar-refractivity contribution in [2.24, 2.45) is 4.99 Å². The maximum Gasteiger partial charge on any atom is 0.352 e. The van der Waals surface area contributed by atoms with Crippen LogP contribution in [0.1, 0.15) is 18.1 Å². The van der Waals surface area contributed by atoms with Crippen LogP contribution >= 0.6 is 0 Å². The van der Waals surface area contributed by atoms with Crippen molar-refractivity contribution >= 4 is 22.6 Å². The fourth-order valence-electron chi connectivity index (χ4n) is 2.08. The van der Waals surface area contributed by atoms with Gasteiger partial charge in [-0.05, 0) is 31.5 Å². The lowest BCUT2D eigenvalue weighted by molar-refractivity contribution is -0.135. The summed E-state index contributed by atoms with van der Waals surface area (Å²) in [5.74, 6) is -0.341. The molecular formula is C15H18N2O2. The van der Waals surface area contributed by atoms with Gasteiger partial charge in [-0.3, -0.25) is 4.99 Å². The third-order valence-corrected chi connectivity index (χ3v) is 3.06. The summed E-state index contributed by atoms with van der Waals surface area (Å²) in [6, 6.07) is 6.21. The minimum absolute atomic E-state index is 0.341. The molecule has 0 atom stereocenters. The zero-order valence-corrected chi connectivity index (χ0v) is 11.5. The van der Waals surface area contributed by atoms with Crippen LogP contribution in [-0.4, -0.2) is 30.3 Å². The van der Waals surface area contributed by atoms with Gasteiger partial charge in [-0.15, -0.1) is 0 Å². The Labute approximate surface area is 112 Å².